The van der Waals surface area contributed by atoms with Gasteiger partial charge in [-0.2, -0.15) is 5.10 Å². The number of thioether (sulfide) groups is 1. The van der Waals surface area contributed by atoms with E-state index < -0.39 is 10.7 Å². The summed E-state index contributed by atoms with van der Waals surface area (Å²) in [6, 6.07) is 14.5. The van der Waals surface area contributed by atoms with Crippen molar-refractivity contribution in [2.75, 3.05) is 17.2 Å². The Morgan fingerprint density at radius 1 is 1.19 bits per heavy atom. The summed E-state index contributed by atoms with van der Waals surface area (Å²) in [7, 11) is 0. The van der Waals surface area contributed by atoms with E-state index in [1.807, 2.05) is 51.1 Å². The van der Waals surface area contributed by atoms with Gasteiger partial charge in [0, 0.05) is 22.6 Å². The third kappa shape index (κ3) is 5.44. The van der Waals surface area contributed by atoms with Gasteiger partial charge in [-0.3, -0.25) is 14.5 Å². The molecule has 3 aromatic rings. The van der Waals surface area contributed by atoms with E-state index in [9.17, 15) is 9.59 Å². The first kappa shape index (κ1) is 26.9. The molecule has 8 heteroatoms. The lowest BCUT2D eigenvalue weighted by Crippen LogP contribution is -2.44. The van der Waals surface area contributed by atoms with Crippen LogP contribution in [0.1, 0.15) is 68.7 Å². The van der Waals surface area contributed by atoms with Gasteiger partial charge in [-0.25, -0.2) is 9.07 Å². The number of aryl methyl sites for hydroxylation is 1. The molecule has 1 aliphatic heterocycles. The Labute approximate surface area is 222 Å². The lowest BCUT2D eigenvalue weighted by Gasteiger charge is -2.25. The van der Waals surface area contributed by atoms with Crippen LogP contribution in [0.4, 0.5) is 10.2 Å². The van der Waals surface area contributed by atoms with Gasteiger partial charge >= 0.3 is 0 Å². The second-order valence-corrected chi connectivity index (χ2v) is 11.7. The lowest BCUT2D eigenvalue weighted by atomic mass is 9.87. The largest absolute Gasteiger partial charge is 0.352 e. The molecular formula is C29H35FN4O2S. The maximum absolute atomic E-state index is 15.2. The molecule has 2 heterocycles. The van der Waals surface area contributed by atoms with Crippen molar-refractivity contribution < 1.29 is 14.0 Å². The highest BCUT2D eigenvalue weighted by molar-refractivity contribution is 8.00. The van der Waals surface area contributed by atoms with Crippen molar-refractivity contribution in [3.63, 3.8) is 0 Å². The number of nitrogens with one attached hydrogen (secondary N) is 1. The van der Waals surface area contributed by atoms with E-state index in [2.05, 4.69) is 26.1 Å². The lowest BCUT2D eigenvalue weighted by molar-refractivity contribution is -0.123. The van der Waals surface area contributed by atoms with E-state index in [-0.39, 0.29) is 36.0 Å². The average Bonchev–Trinajstić information content (AvgIpc) is 3.18. The number of halogens is 1. The van der Waals surface area contributed by atoms with Crippen molar-refractivity contribution in [3.05, 3.63) is 76.7 Å². The zero-order valence-electron chi connectivity index (χ0n) is 22.3. The van der Waals surface area contributed by atoms with Crippen LogP contribution < -0.4 is 10.2 Å². The van der Waals surface area contributed by atoms with Gasteiger partial charge in [-0.05, 0) is 38.0 Å². The first-order valence-electron chi connectivity index (χ1n) is 12.7. The number of fused-ring (bicyclic) bond motifs is 1. The Bertz CT molecular complexity index is 1310. The second-order valence-electron chi connectivity index (χ2n) is 10.6. The van der Waals surface area contributed by atoms with Crippen LogP contribution >= 0.6 is 11.8 Å². The van der Waals surface area contributed by atoms with Gasteiger partial charge < -0.3 is 5.32 Å². The topological polar surface area (TPSA) is 67.2 Å². The normalized spacial score (nSPS) is 16.8. The van der Waals surface area contributed by atoms with Crippen LogP contribution in [0.2, 0.25) is 0 Å². The van der Waals surface area contributed by atoms with E-state index in [1.165, 1.54) is 22.7 Å². The van der Waals surface area contributed by atoms with Crippen molar-refractivity contribution in [2.24, 2.45) is 0 Å². The second kappa shape index (κ2) is 10.7. The van der Waals surface area contributed by atoms with Gasteiger partial charge in [0.25, 0.3) is 0 Å². The fourth-order valence-electron chi connectivity index (χ4n) is 4.54. The molecule has 0 unspecified atom stereocenters. The molecule has 0 aliphatic carbocycles. The van der Waals surface area contributed by atoms with Crippen molar-refractivity contribution in [3.8, 4) is 5.69 Å². The molecule has 2 atom stereocenters. The number of carbonyl (C=O) groups is 2. The first-order valence-corrected chi connectivity index (χ1v) is 13.7. The van der Waals surface area contributed by atoms with Gasteiger partial charge in [0.2, 0.25) is 11.8 Å². The van der Waals surface area contributed by atoms with Crippen molar-refractivity contribution in [1.29, 1.82) is 0 Å². The number of amides is 2. The fourth-order valence-corrected chi connectivity index (χ4v) is 5.76. The van der Waals surface area contributed by atoms with Gasteiger partial charge in [0.1, 0.15) is 18.2 Å². The summed E-state index contributed by atoms with van der Waals surface area (Å²) in [6.07, 6.45) is 0.783. The highest BCUT2D eigenvalue weighted by Crippen LogP contribution is 2.49. The highest BCUT2D eigenvalue weighted by atomic mass is 32.2. The van der Waals surface area contributed by atoms with Crippen LogP contribution in [0.3, 0.4) is 0 Å². The molecule has 0 saturated heterocycles. The summed E-state index contributed by atoms with van der Waals surface area (Å²) in [4.78, 5) is 28.3. The standard InChI is InChI=1S/C29H35FN4O2S/c1-7-19(3)31-23(35)16-33-24(36)17-37-26(20-13-9-10-14-21(20)30)25-27(29(4,5)6)32-34(28(25)33)22-15-11-8-12-18(22)2/h8-15,19,26H,7,16-17H2,1-6H3,(H,31,35)/t19-,26+/m0/s1. The number of rotatable bonds is 6. The third-order valence-corrected chi connectivity index (χ3v) is 7.89. The molecule has 196 valence electrons. The molecule has 0 saturated carbocycles. The molecule has 1 N–H and O–H groups in total. The summed E-state index contributed by atoms with van der Waals surface area (Å²) in [6.45, 7) is 12.0. The Morgan fingerprint density at radius 2 is 1.86 bits per heavy atom. The van der Waals surface area contributed by atoms with Gasteiger partial charge in [-0.1, -0.05) is 64.1 Å². The highest BCUT2D eigenvalue weighted by Gasteiger charge is 2.40. The van der Waals surface area contributed by atoms with E-state index in [1.54, 1.807) is 16.8 Å². The summed E-state index contributed by atoms with van der Waals surface area (Å²) >= 11 is 1.38. The van der Waals surface area contributed by atoms with Crippen molar-refractivity contribution in [2.45, 2.75) is 64.7 Å². The van der Waals surface area contributed by atoms with Crippen LogP contribution in [-0.2, 0) is 15.0 Å². The van der Waals surface area contributed by atoms with E-state index >= 15 is 4.39 Å². The predicted octanol–water partition coefficient (Wildman–Crippen LogP) is 5.70. The summed E-state index contributed by atoms with van der Waals surface area (Å²) in [5, 5.41) is 7.58. The molecule has 0 fully saturated rings. The minimum atomic E-state index is -0.463. The SMILES string of the molecule is CC[C@H](C)NC(=O)CN1C(=O)CS[C@H](c2ccccc2F)c2c(C(C)(C)C)nn(-c3ccccc3C)c21. The van der Waals surface area contributed by atoms with Crippen LogP contribution in [-0.4, -0.2) is 39.9 Å². The molecule has 6 nitrogen and oxygen atoms in total. The zero-order valence-corrected chi connectivity index (χ0v) is 23.2. The van der Waals surface area contributed by atoms with E-state index in [0.717, 1.165) is 28.9 Å². The maximum atomic E-state index is 15.2. The minimum absolute atomic E-state index is 0.0130. The molecule has 2 aromatic carbocycles. The molecule has 37 heavy (non-hydrogen) atoms. The summed E-state index contributed by atoms with van der Waals surface area (Å²) in [5.41, 5.74) is 3.43. The van der Waals surface area contributed by atoms with Crippen LogP contribution in [0.15, 0.2) is 48.5 Å². The molecular weight excluding hydrogens is 487 g/mol. The Hall–Kier alpha value is -3.13. The van der Waals surface area contributed by atoms with E-state index in [0.29, 0.717) is 11.4 Å². The summed E-state index contributed by atoms with van der Waals surface area (Å²) in [5.74, 6) is -0.133. The number of carbonyl (C=O) groups excluding carboxylic acids is 2. The number of anilines is 1. The number of aromatic nitrogens is 2. The van der Waals surface area contributed by atoms with Crippen LogP contribution in [0.25, 0.3) is 5.69 Å². The number of benzene rings is 2. The molecule has 1 aliphatic rings. The van der Waals surface area contributed by atoms with E-state index in [4.69, 9.17) is 5.10 Å². The predicted molar refractivity (Wildman–Crippen MR) is 148 cm³/mol. The van der Waals surface area contributed by atoms with Crippen LogP contribution in [0.5, 0.6) is 0 Å². The fraction of sp³-hybridized carbons (Fsp3) is 0.414. The third-order valence-electron chi connectivity index (χ3n) is 6.65. The van der Waals surface area contributed by atoms with Crippen LogP contribution in [0, 0.1) is 12.7 Å². The Balaban J connectivity index is 2.02. The minimum Gasteiger partial charge on any atom is -0.352 e. The average molecular weight is 523 g/mol. The molecule has 4 rings (SSSR count). The zero-order chi connectivity index (χ0) is 26.9. The van der Waals surface area contributed by atoms with Gasteiger partial charge in [-0.15, -0.1) is 11.8 Å². The molecule has 0 radical (unpaired) electrons. The number of nitrogens with zero attached hydrogens (tertiary/aromatic N) is 3. The molecule has 0 spiro atoms. The first-order chi connectivity index (χ1) is 17.5. The molecule has 0 bridgehead atoms. The van der Waals surface area contributed by atoms with Crippen molar-refractivity contribution >= 4 is 29.4 Å². The summed E-state index contributed by atoms with van der Waals surface area (Å²) < 4.78 is 17.0. The van der Waals surface area contributed by atoms with Gasteiger partial charge in [0.15, 0.2) is 0 Å². The van der Waals surface area contributed by atoms with Gasteiger partial charge in [0.05, 0.1) is 22.4 Å². The monoisotopic (exact) mass is 522 g/mol. The quantitative estimate of drug-likeness (QED) is 0.451. The number of hydrogen-bond donors (Lipinski definition) is 1. The number of para-hydroxylation sites is 1. The molecule has 1 aromatic heterocycles. The maximum Gasteiger partial charge on any atom is 0.240 e. The van der Waals surface area contributed by atoms with Crippen molar-refractivity contribution in [1.82, 2.24) is 15.1 Å². The Morgan fingerprint density at radius 3 is 2.51 bits per heavy atom. The Kier molecular flexibility index (Phi) is 7.78. The molecule has 2 amide bonds. The number of hydrogen-bond acceptors (Lipinski definition) is 4. The smallest absolute Gasteiger partial charge is 0.240 e.